The molecular formula is C72H72N16O12. The van der Waals surface area contributed by atoms with Gasteiger partial charge in [0.25, 0.3) is 11.8 Å². The normalized spacial score (nSPS) is 13.4. The number of methoxy groups -OCH3 is 4. The monoisotopic (exact) mass is 1350 g/mol. The number of benzene rings is 8. The molecule has 2 aliphatic rings. The molecule has 0 radical (unpaired) electrons. The van der Waals surface area contributed by atoms with Crippen LogP contribution in [0, 0.1) is 0 Å². The van der Waals surface area contributed by atoms with Gasteiger partial charge in [-0.1, -0.05) is 130 Å². The number of aliphatic hydroxyl groups excluding tert-OH is 2. The molecule has 28 nitrogen and oxygen atoms in total. The van der Waals surface area contributed by atoms with Gasteiger partial charge in [0.1, 0.15) is 36.2 Å². The number of azide groups is 4. The van der Waals surface area contributed by atoms with Crippen molar-refractivity contribution in [2.24, 2.45) is 30.4 Å². The summed E-state index contributed by atoms with van der Waals surface area (Å²) in [4.78, 5) is 67.4. The summed E-state index contributed by atoms with van der Waals surface area (Å²) in [5, 5.41) is 38.8. The van der Waals surface area contributed by atoms with E-state index in [1.807, 2.05) is 109 Å². The van der Waals surface area contributed by atoms with Crippen LogP contribution in [0.5, 0.6) is 23.0 Å². The van der Waals surface area contributed by atoms with Crippen LogP contribution in [0.3, 0.4) is 0 Å². The molecule has 0 aromatic heterocycles. The van der Waals surface area contributed by atoms with Crippen LogP contribution in [0.25, 0.3) is 41.8 Å². The highest BCUT2D eigenvalue weighted by molar-refractivity contribution is 6.15. The van der Waals surface area contributed by atoms with Crippen molar-refractivity contribution >= 4 is 57.9 Å². The predicted octanol–water partition coefficient (Wildman–Crippen LogP) is 13.9. The molecule has 0 spiro atoms. The Labute approximate surface area is 575 Å². The molecule has 0 saturated heterocycles. The summed E-state index contributed by atoms with van der Waals surface area (Å²) in [5.41, 5.74) is 46.2. The molecule has 4 atom stereocenters. The number of hydrogen-bond donors (Lipinski definition) is 4. The molecule has 0 unspecified atom stereocenters. The first kappa shape index (κ1) is 74.7. The fourth-order valence-corrected chi connectivity index (χ4v) is 10.2. The van der Waals surface area contributed by atoms with Crippen LogP contribution in [0.2, 0.25) is 0 Å². The number of carbonyl (C=O) groups excluding carboxylic acids is 4. The Bertz CT molecular complexity index is 4360. The molecule has 100 heavy (non-hydrogen) atoms. The summed E-state index contributed by atoms with van der Waals surface area (Å²) in [5.74, 6) is 1.67. The van der Waals surface area contributed by atoms with E-state index in [-0.39, 0.29) is 56.3 Å². The summed E-state index contributed by atoms with van der Waals surface area (Å²) in [7, 11) is 6.44. The minimum atomic E-state index is -0.414. The lowest BCUT2D eigenvalue weighted by molar-refractivity contribution is -0.142. The van der Waals surface area contributed by atoms with E-state index in [0.717, 1.165) is 78.9 Å². The van der Waals surface area contributed by atoms with Crippen LogP contribution in [0.1, 0.15) is 79.1 Å². The lowest BCUT2D eigenvalue weighted by Crippen LogP contribution is -2.40. The minimum Gasteiger partial charge on any atom is -0.497 e. The zero-order valence-corrected chi connectivity index (χ0v) is 55.5. The first-order chi connectivity index (χ1) is 48.5. The topological polar surface area (TPSA) is 408 Å². The largest absolute Gasteiger partial charge is 0.497 e. The summed E-state index contributed by atoms with van der Waals surface area (Å²) in [6.45, 7) is 2.84. The van der Waals surface area contributed by atoms with Gasteiger partial charge in [-0.2, -0.15) is 0 Å². The molecule has 0 bridgehead atoms. The number of nitrogens with one attached hydrogen (secondary N) is 2. The number of aliphatic hydroxyl groups is 2. The SMILES string of the molecule is COc1ccc(C[C@@H](CO)NC(=O)c2ccc(N=[N+]=[N-])cc2)cc1.COc1ccc(C[C@@H](COC(C)=O)NC(=O)c2ccc(N=[N+]=[N-])cc2)cc1.COc1ccc2c(c1)C(c1ccc(N=[N+]=[N-])cc1)=N[C@H](CO)C2.COc1ccc2c(c1)C(c1ccc(N=[N+]=[N-])cc1)=N[C@H](COC(C)=O)C2. The van der Waals surface area contributed by atoms with E-state index in [1.165, 1.54) is 13.8 Å². The van der Waals surface area contributed by atoms with Crippen molar-refractivity contribution in [3.05, 3.63) is 279 Å². The Balaban J connectivity index is 0.000000188. The summed E-state index contributed by atoms with van der Waals surface area (Å²) in [6.07, 6.45) is 2.38. The number of nitrogens with zero attached hydrogens (tertiary/aromatic N) is 14. The number of esters is 2. The molecule has 28 heteroatoms. The summed E-state index contributed by atoms with van der Waals surface area (Å²) >= 11 is 0. The van der Waals surface area contributed by atoms with Crippen molar-refractivity contribution in [1.82, 2.24) is 10.6 Å². The molecule has 512 valence electrons. The fourth-order valence-electron chi connectivity index (χ4n) is 10.2. The van der Waals surface area contributed by atoms with Gasteiger partial charge in [0, 0.05) is 89.6 Å². The lowest BCUT2D eigenvalue weighted by Gasteiger charge is -2.24. The third-order valence-corrected chi connectivity index (χ3v) is 15.2. The van der Waals surface area contributed by atoms with Gasteiger partial charge in [0.2, 0.25) is 0 Å². The van der Waals surface area contributed by atoms with E-state index >= 15 is 0 Å². The molecule has 8 aromatic carbocycles. The molecule has 8 aromatic rings. The molecule has 0 fully saturated rings. The number of fused-ring (bicyclic) bond motifs is 2. The fraction of sp³-hybridized carbons (Fsp3) is 0.250. The van der Waals surface area contributed by atoms with E-state index in [4.69, 9.17) is 55.5 Å². The predicted molar refractivity (Wildman–Crippen MR) is 377 cm³/mol. The third-order valence-electron chi connectivity index (χ3n) is 15.2. The van der Waals surface area contributed by atoms with Gasteiger partial charge in [-0.25, -0.2) is 0 Å². The van der Waals surface area contributed by atoms with Gasteiger partial charge in [-0.05, 0) is 143 Å². The van der Waals surface area contributed by atoms with Crippen molar-refractivity contribution in [1.29, 1.82) is 0 Å². The van der Waals surface area contributed by atoms with Gasteiger partial charge < -0.3 is 49.3 Å². The summed E-state index contributed by atoms with van der Waals surface area (Å²) < 4.78 is 31.1. The first-order valence-corrected chi connectivity index (χ1v) is 31.0. The maximum Gasteiger partial charge on any atom is 0.302 e. The Morgan fingerprint density at radius 2 is 0.820 bits per heavy atom. The Hall–Kier alpha value is -12.7. The molecule has 0 aliphatic carbocycles. The van der Waals surface area contributed by atoms with Crippen LogP contribution in [-0.4, -0.2) is 124 Å². The molecule has 2 aliphatic heterocycles. The number of hydrogen-bond acceptors (Lipinski definition) is 18. The Kier molecular flexibility index (Phi) is 29.0. The maximum atomic E-state index is 12.5. The van der Waals surface area contributed by atoms with Crippen molar-refractivity contribution in [3.8, 4) is 23.0 Å². The molecule has 10 rings (SSSR count). The Morgan fingerprint density at radius 3 is 1.18 bits per heavy atom. The van der Waals surface area contributed by atoms with Crippen LogP contribution in [0.15, 0.2) is 212 Å². The van der Waals surface area contributed by atoms with E-state index in [2.05, 4.69) is 55.7 Å². The zero-order valence-electron chi connectivity index (χ0n) is 55.5. The summed E-state index contributed by atoms with van der Waals surface area (Å²) in [6, 6.07) is 52.5. The number of amides is 2. The van der Waals surface area contributed by atoms with Crippen molar-refractivity contribution in [3.63, 3.8) is 0 Å². The highest BCUT2D eigenvalue weighted by Crippen LogP contribution is 2.31. The standard InChI is InChI=1S/C19H20N4O4.C19H18N4O3.C17H18N4O3.C17H16N4O2/c1-13(24)27-12-17(11-14-3-9-18(26-2)10-4-14)21-19(25)15-5-7-16(8-6-15)22-23-20;1-12(24)26-11-16-9-14-5-8-17(25-2)10-18(14)19(21-16)13-3-6-15(7-4-13)22-23-20;1-24-16-8-2-12(3-9-16)10-15(11-22)19-17(23)13-4-6-14(7-5-13)20-21-18;1-23-15-7-4-12-8-14(10-22)19-17(16(12)9-15)11-2-5-13(6-3-11)20-21-18/h3-10,17H,11-12H2,1-2H3,(H,21,25);3-8,10,16H,9,11H2,1-2H3;2-9,15,22H,10-11H2,1H3,(H,19,23);2-7,9,14,22H,8,10H2,1H3/t17-;16-;15-;14-/m0000/s1. The number of rotatable bonds is 24. The van der Waals surface area contributed by atoms with Crippen LogP contribution < -0.4 is 29.6 Å². The van der Waals surface area contributed by atoms with Crippen LogP contribution in [-0.2, 0) is 44.7 Å². The molecular weight excluding hydrogens is 1280 g/mol. The maximum absolute atomic E-state index is 12.5. The van der Waals surface area contributed by atoms with Crippen LogP contribution >= 0.6 is 0 Å². The van der Waals surface area contributed by atoms with E-state index < -0.39 is 18.1 Å². The molecule has 2 amide bonds. The highest BCUT2D eigenvalue weighted by Gasteiger charge is 2.25. The lowest BCUT2D eigenvalue weighted by atomic mass is 9.90. The smallest absolute Gasteiger partial charge is 0.302 e. The number of carbonyl (C=O) groups is 4. The Morgan fingerprint density at radius 1 is 0.470 bits per heavy atom. The number of aliphatic imine (C=N–C) groups is 2. The van der Waals surface area contributed by atoms with Crippen molar-refractivity contribution < 1.29 is 57.8 Å². The van der Waals surface area contributed by atoms with Gasteiger partial charge in [-0.15, -0.1) is 0 Å². The second-order valence-electron chi connectivity index (χ2n) is 22.1. The third kappa shape index (κ3) is 22.8. The second-order valence-corrected chi connectivity index (χ2v) is 22.1. The van der Waals surface area contributed by atoms with E-state index in [0.29, 0.717) is 59.6 Å². The highest BCUT2D eigenvalue weighted by atomic mass is 16.5. The quantitative estimate of drug-likeness (QED) is 0.0190. The van der Waals surface area contributed by atoms with Gasteiger partial charge in [0.05, 0.1) is 77.2 Å². The van der Waals surface area contributed by atoms with Gasteiger partial charge in [0.15, 0.2) is 0 Å². The van der Waals surface area contributed by atoms with Crippen LogP contribution in [0.4, 0.5) is 22.7 Å². The average molecular weight is 1350 g/mol. The molecule has 0 saturated carbocycles. The average Bonchev–Trinajstić information content (AvgIpc) is 0.792. The van der Waals surface area contributed by atoms with Crippen molar-refractivity contribution in [2.75, 3.05) is 54.9 Å². The molecule has 4 N–H and O–H groups in total. The van der Waals surface area contributed by atoms with E-state index in [1.54, 1.807) is 101 Å². The minimum absolute atomic E-state index is 0.00573. The second kappa shape index (κ2) is 38.8. The zero-order chi connectivity index (χ0) is 71.8. The first-order valence-electron chi connectivity index (χ1n) is 31.0. The van der Waals surface area contributed by atoms with Gasteiger partial charge >= 0.3 is 11.9 Å². The van der Waals surface area contributed by atoms with Gasteiger partial charge in [-0.3, -0.25) is 29.2 Å². The van der Waals surface area contributed by atoms with E-state index in [9.17, 15) is 29.4 Å². The van der Waals surface area contributed by atoms with Crippen molar-refractivity contribution in [2.45, 2.75) is 63.7 Å². The number of ether oxygens (including phenoxy) is 6. The molecule has 2 heterocycles.